The third-order valence-corrected chi connectivity index (χ3v) is 21.8. The van der Waals surface area contributed by atoms with Crippen LogP contribution in [0.15, 0.2) is 392 Å². The molecule has 0 bridgehead atoms. The highest BCUT2D eigenvalue weighted by Gasteiger charge is 2.23. The van der Waals surface area contributed by atoms with Crippen molar-refractivity contribution in [3.8, 4) is 119 Å². The van der Waals surface area contributed by atoms with Gasteiger partial charge in [-0.1, -0.05) is 66.7 Å². The number of furan rings is 3. The standard InChI is InChI=1S/2C34H21N5O.C33H20N6O/c1-2-4-30-27(3-1)32-31(10-7-24-15-20-40-33(24)32)39(30)26-8-5-25(6-9-26)34-37-28(22-11-16-35-17-12-22)21-29(38-34)23-13-18-36-19-14-23;1-2-4-30-27(3-1)32-31(10-7-24-15-20-40-33(24)32)39(30)26-8-5-22(6-9-26)28-21-29(23-11-16-35-17-12-23)38-34(37-28)25-13-18-36-19-14-25;1-2-4-27-26(3-1)29-28(10-7-21-15-20-40-30(21)29)39(27)25-8-5-22(6-9-25)31-36-32(23-11-16-34-17-12-23)38-33(37-31)24-13-18-35-19-14-24/h2*1-21H;1-20H. The molecule has 120 heavy (non-hydrogen) atoms. The van der Waals surface area contributed by atoms with Crippen molar-refractivity contribution < 1.29 is 13.3 Å². The van der Waals surface area contributed by atoms with E-state index in [2.05, 4.69) is 226 Å². The summed E-state index contributed by atoms with van der Waals surface area (Å²) < 4.78 is 24.6. The van der Waals surface area contributed by atoms with E-state index < -0.39 is 0 Å². The second-order valence-corrected chi connectivity index (χ2v) is 28.7. The minimum atomic E-state index is 0.591. The number of benzene rings is 9. The Morgan fingerprint density at radius 3 is 0.708 bits per heavy atom. The van der Waals surface area contributed by atoms with E-state index in [1.54, 1.807) is 93.2 Å². The predicted octanol–water partition coefficient (Wildman–Crippen LogP) is 23.7. The summed E-state index contributed by atoms with van der Waals surface area (Å²) in [6, 6.07) is 96.8. The van der Waals surface area contributed by atoms with Gasteiger partial charge in [0.15, 0.2) is 29.1 Å². The molecule has 19 heteroatoms. The molecule has 0 radical (unpaired) electrons. The average molecular weight is 1550 g/mol. The highest BCUT2D eigenvalue weighted by atomic mass is 16.3. The van der Waals surface area contributed by atoms with Gasteiger partial charge < -0.3 is 27.0 Å². The van der Waals surface area contributed by atoms with Crippen LogP contribution >= 0.6 is 0 Å². The number of pyridine rings is 6. The minimum Gasteiger partial charge on any atom is -0.464 e. The first kappa shape index (κ1) is 69.8. The lowest BCUT2D eigenvalue weighted by molar-refractivity contribution is 0.619. The molecule has 0 N–H and O–H groups in total. The minimum absolute atomic E-state index is 0.591. The molecule has 0 aliphatic heterocycles. The zero-order valence-electron chi connectivity index (χ0n) is 63.7. The number of aromatic nitrogens is 16. The summed E-state index contributed by atoms with van der Waals surface area (Å²) in [4.78, 5) is 59.0. The third kappa shape index (κ3) is 12.6. The van der Waals surface area contributed by atoms with Gasteiger partial charge >= 0.3 is 0 Å². The molecule has 24 aromatic rings. The van der Waals surface area contributed by atoms with Gasteiger partial charge in [0.2, 0.25) is 0 Å². The molecule has 0 atom stereocenters. The van der Waals surface area contributed by atoms with Gasteiger partial charge in [-0.25, -0.2) is 34.9 Å². The molecule has 0 spiro atoms. The topological polar surface area (TPSA) is 222 Å². The van der Waals surface area contributed by atoms with Gasteiger partial charge in [0, 0.05) is 174 Å². The van der Waals surface area contributed by atoms with Gasteiger partial charge in [0.05, 0.1) is 90.8 Å². The maximum Gasteiger partial charge on any atom is 0.164 e. The Balaban J connectivity index is 0.000000108. The van der Waals surface area contributed by atoms with E-state index in [4.69, 9.17) is 48.1 Å². The van der Waals surface area contributed by atoms with Crippen molar-refractivity contribution in [2.75, 3.05) is 0 Å². The highest BCUT2D eigenvalue weighted by Crippen LogP contribution is 2.43. The van der Waals surface area contributed by atoms with Crippen LogP contribution < -0.4 is 0 Å². The van der Waals surface area contributed by atoms with E-state index >= 15 is 0 Å². The van der Waals surface area contributed by atoms with Crippen molar-refractivity contribution in [3.63, 3.8) is 0 Å². The van der Waals surface area contributed by atoms with Crippen LogP contribution in [0, 0.1) is 0 Å². The van der Waals surface area contributed by atoms with Crippen LogP contribution in [0.25, 0.3) is 217 Å². The van der Waals surface area contributed by atoms with Crippen molar-refractivity contribution >= 4 is 98.3 Å². The first-order valence-corrected chi connectivity index (χ1v) is 39.0. The Bertz CT molecular complexity index is 7020. The molecule has 24 rings (SSSR count). The molecular formula is C101H62N16O3. The molecule has 0 aliphatic rings. The van der Waals surface area contributed by atoms with E-state index in [1.807, 2.05) is 103 Å². The number of rotatable bonds is 12. The molecule has 564 valence electrons. The molecule has 19 nitrogen and oxygen atoms in total. The predicted molar refractivity (Wildman–Crippen MR) is 472 cm³/mol. The van der Waals surface area contributed by atoms with Crippen LogP contribution in [-0.4, -0.2) is 78.5 Å². The summed E-state index contributed by atoms with van der Waals surface area (Å²) in [5, 5.41) is 10.1. The van der Waals surface area contributed by atoms with Crippen molar-refractivity contribution in [2.24, 2.45) is 0 Å². The molecule has 0 unspecified atom stereocenters. The molecule has 0 aliphatic carbocycles. The maximum absolute atomic E-state index is 5.93. The fourth-order valence-electron chi connectivity index (χ4n) is 16.1. The largest absolute Gasteiger partial charge is 0.464 e. The zero-order valence-corrected chi connectivity index (χ0v) is 63.7. The average Bonchev–Trinajstić information content (AvgIpc) is 1.59. The summed E-state index contributed by atoms with van der Waals surface area (Å²) in [6.07, 6.45) is 26.4. The van der Waals surface area contributed by atoms with Crippen LogP contribution in [0.4, 0.5) is 0 Å². The summed E-state index contributed by atoms with van der Waals surface area (Å²) >= 11 is 0. The van der Waals surface area contributed by atoms with E-state index in [9.17, 15) is 0 Å². The van der Waals surface area contributed by atoms with E-state index in [0.717, 1.165) is 183 Å². The van der Waals surface area contributed by atoms with Crippen LogP contribution in [0.1, 0.15) is 0 Å². The third-order valence-electron chi connectivity index (χ3n) is 21.8. The monoisotopic (exact) mass is 1550 g/mol. The van der Waals surface area contributed by atoms with Crippen molar-refractivity contribution in [1.29, 1.82) is 0 Å². The SMILES string of the molecule is c1ccc2c(c1)c1c3occc3ccc1n2-c1ccc(-c2cc(-c3ccncc3)nc(-c3ccncc3)n2)cc1.c1ccc2c(c1)c1c3occc3ccc1n2-c1ccc(-c2nc(-c3ccncc3)cc(-c3ccncc3)n2)cc1.c1ccc2c(c1)c1c3occc3ccc1n2-c1ccc(-c2nc(-c3ccncc3)nc(-c3ccncc3)n2)cc1. The Morgan fingerprint density at radius 2 is 0.425 bits per heavy atom. The van der Waals surface area contributed by atoms with Gasteiger partial charge in [-0.2, -0.15) is 0 Å². The van der Waals surface area contributed by atoms with Crippen LogP contribution in [0.5, 0.6) is 0 Å². The fourth-order valence-corrected chi connectivity index (χ4v) is 16.1. The smallest absolute Gasteiger partial charge is 0.164 e. The van der Waals surface area contributed by atoms with Crippen molar-refractivity contribution in [2.45, 2.75) is 0 Å². The first-order valence-electron chi connectivity index (χ1n) is 39.0. The summed E-state index contributed by atoms with van der Waals surface area (Å²) in [7, 11) is 0. The van der Waals surface area contributed by atoms with E-state index in [0.29, 0.717) is 29.1 Å². The van der Waals surface area contributed by atoms with Crippen LogP contribution in [0.3, 0.4) is 0 Å². The molecule has 0 fully saturated rings. The maximum atomic E-state index is 5.93. The fraction of sp³-hybridized carbons (Fsp3) is 0. The first-order chi connectivity index (χ1) is 59.5. The van der Waals surface area contributed by atoms with Gasteiger partial charge in [-0.3, -0.25) is 29.9 Å². The number of fused-ring (bicyclic) bond motifs is 15. The summed E-state index contributed by atoms with van der Waals surface area (Å²) in [5.74, 6) is 3.09. The molecule has 15 aromatic heterocycles. The number of hydrogen-bond donors (Lipinski definition) is 0. The Hall–Kier alpha value is -16.9. The Labute approximate surface area is 683 Å². The van der Waals surface area contributed by atoms with Crippen LogP contribution in [0.2, 0.25) is 0 Å². The molecule has 9 aromatic carbocycles. The highest BCUT2D eigenvalue weighted by molar-refractivity contribution is 6.22. The van der Waals surface area contributed by atoms with Crippen molar-refractivity contribution in [1.82, 2.24) is 78.5 Å². The lowest BCUT2D eigenvalue weighted by Gasteiger charge is -2.11. The number of para-hydroxylation sites is 3. The van der Waals surface area contributed by atoms with Crippen molar-refractivity contribution in [3.05, 3.63) is 378 Å². The quantitative estimate of drug-likeness (QED) is 0.111. The van der Waals surface area contributed by atoms with Gasteiger partial charge in [0.1, 0.15) is 16.7 Å². The summed E-state index contributed by atoms with van der Waals surface area (Å²) in [6.45, 7) is 0. The van der Waals surface area contributed by atoms with E-state index in [-0.39, 0.29) is 0 Å². The van der Waals surface area contributed by atoms with Gasteiger partial charge in [-0.05, 0) is 218 Å². The second kappa shape index (κ2) is 29.8. The Morgan fingerprint density at radius 1 is 0.192 bits per heavy atom. The second-order valence-electron chi connectivity index (χ2n) is 28.7. The van der Waals surface area contributed by atoms with Gasteiger partial charge in [0.25, 0.3) is 0 Å². The van der Waals surface area contributed by atoms with Crippen LogP contribution in [-0.2, 0) is 0 Å². The lowest BCUT2D eigenvalue weighted by atomic mass is 10.1. The van der Waals surface area contributed by atoms with Gasteiger partial charge in [-0.15, -0.1) is 0 Å². The molecular weight excluding hydrogens is 1490 g/mol. The van der Waals surface area contributed by atoms with E-state index in [1.165, 1.54) is 5.39 Å². The number of nitrogens with zero attached hydrogens (tertiary/aromatic N) is 16. The number of hydrogen-bond acceptors (Lipinski definition) is 16. The molecule has 0 amide bonds. The Kier molecular flexibility index (Phi) is 17.3. The molecule has 15 heterocycles. The zero-order chi connectivity index (χ0) is 79.4. The normalized spacial score (nSPS) is 11.5. The lowest BCUT2D eigenvalue weighted by Crippen LogP contribution is -2.00. The summed E-state index contributed by atoms with van der Waals surface area (Å²) in [5.41, 5.74) is 24.4. The molecule has 0 saturated carbocycles. The molecule has 0 saturated heterocycles.